The quantitative estimate of drug-likeness (QED) is 0.388. The minimum absolute atomic E-state index is 0.295. The molecule has 0 radical (unpaired) electrons. The molecule has 5 heteroatoms. The first-order valence-corrected chi connectivity index (χ1v) is 8.90. The van der Waals surface area contributed by atoms with Gasteiger partial charge in [-0.25, -0.2) is 9.37 Å². The Morgan fingerprint density at radius 2 is 1.70 bits per heavy atom. The lowest BCUT2D eigenvalue weighted by Crippen LogP contribution is -1.85. The van der Waals surface area contributed by atoms with Crippen molar-refractivity contribution in [1.29, 1.82) is 0 Å². The summed E-state index contributed by atoms with van der Waals surface area (Å²) in [5, 5.41) is 8.74. The summed E-state index contributed by atoms with van der Waals surface area (Å²) in [6, 6.07) is 18.3. The number of aryl methyl sites for hydroxylation is 2. The summed E-state index contributed by atoms with van der Waals surface area (Å²) in [6.45, 7) is 4.15. The molecule has 0 spiro atoms. The van der Waals surface area contributed by atoms with Crippen molar-refractivity contribution in [3.05, 3.63) is 83.8 Å². The van der Waals surface area contributed by atoms with E-state index in [9.17, 15) is 4.39 Å². The summed E-state index contributed by atoms with van der Waals surface area (Å²) in [6.07, 6.45) is 2.92. The van der Waals surface area contributed by atoms with Crippen LogP contribution in [0.3, 0.4) is 0 Å². The minimum atomic E-state index is -0.295. The largest absolute Gasteiger partial charge is 0.282 e. The summed E-state index contributed by atoms with van der Waals surface area (Å²) in [4.78, 5) is 4.81. The number of imidazole rings is 1. The van der Waals surface area contributed by atoms with Crippen LogP contribution in [-0.2, 0) is 6.42 Å². The molecule has 0 saturated heterocycles. The van der Waals surface area contributed by atoms with Crippen molar-refractivity contribution in [3.8, 4) is 11.3 Å². The Labute approximate surface area is 157 Å². The lowest BCUT2D eigenvalue weighted by atomic mass is 10.1. The van der Waals surface area contributed by atoms with Gasteiger partial charge in [-0.1, -0.05) is 37.3 Å². The van der Waals surface area contributed by atoms with E-state index in [4.69, 9.17) is 4.98 Å². The summed E-state index contributed by atoms with van der Waals surface area (Å²) >= 11 is 0. The first-order chi connectivity index (χ1) is 13.2. The predicted molar refractivity (Wildman–Crippen MR) is 105 cm³/mol. The van der Waals surface area contributed by atoms with E-state index in [-0.39, 0.29) is 5.82 Å². The molecule has 0 aliphatic carbocycles. The molecule has 4 nitrogen and oxygen atoms in total. The van der Waals surface area contributed by atoms with Gasteiger partial charge in [0.1, 0.15) is 17.2 Å². The number of rotatable bonds is 4. The predicted octanol–water partition coefficient (Wildman–Crippen LogP) is 6.43. The van der Waals surface area contributed by atoms with Crippen LogP contribution in [0.25, 0.3) is 16.9 Å². The van der Waals surface area contributed by atoms with Gasteiger partial charge < -0.3 is 0 Å². The van der Waals surface area contributed by atoms with Gasteiger partial charge in [0, 0.05) is 11.8 Å². The molecule has 0 bridgehead atoms. The SMILES string of the molecule is CCc1ccc(-c2nc3c(C)cccn3c2N=Nc2ccc(F)cc2)cc1. The summed E-state index contributed by atoms with van der Waals surface area (Å²) < 4.78 is 15.0. The Morgan fingerprint density at radius 1 is 0.963 bits per heavy atom. The van der Waals surface area contributed by atoms with Crippen LogP contribution >= 0.6 is 0 Å². The molecule has 134 valence electrons. The van der Waals surface area contributed by atoms with Gasteiger partial charge >= 0.3 is 0 Å². The van der Waals surface area contributed by atoms with Gasteiger partial charge in [0.25, 0.3) is 0 Å². The normalized spacial score (nSPS) is 11.5. The Morgan fingerprint density at radius 3 is 2.41 bits per heavy atom. The Bertz CT molecular complexity index is 1110. The third-order valence-corrected chi connectivity index (χ3v) is 4.54. The minimum Gasteiger partial charge on any atom is -0.282 e. The summed E-state index contributed by atoms with van der Waals surface area (Å²) in [5.74, 6) is 0.360. The number of nitrogens with zero attached hydrogens (tertiary/aromatic N) is 4. The lowest BCUT2D eigenvalue weighted by Gasteiger charge is -2.02. The topological polar surface area (TPSA) is 42.0 Å². The smallest absolute Gasteiger partial charge is 0.187 e. The average molecular weight is 358 g/mol. The second-order valence-corrected chi connectivity index (χ2v) is 6.40. The second-order valence-electron chi connectivity index (χ2n) is 6.40. The lowest BCUT2D eigenvalue weighted by molar-refractivity contribution is 0.628. The highest BCUT2D eigenvalue weighted by Gasteiger charge is 2.15. The third-order valence-electron chi connectivity index (χ3n) is 4.54. The van der Waals surface area contributed by atoms with Crippen LogP contribution in [0.2, 0.25) is 0 Å². The monoisotopic (exact) mass is 358 g/mol. The number of aromatic nitrogens is 2. The van der Waals surface area contributed by atoms with Crippen LogP contribution in [-0.4, -0.2) is 9.38 Å². The van der Waals surface area contributed by atoms with Gasteiger partial charge in [0.15, 0.2) is 5.82 Å². The van der Waals surface area contributed by atoms with Crippen LogP contribution in [0.15, 0.2) is 77.1 Å². The van der Waals surface area contributed by atoms with Crippen molar-refractivity contribution in [3.63, 3.8) is 0 Å². The molecule has 2 heterocycles. The summed E-state index contributed by atoms with van der Waals surface area (Å²) in [7, 11) is 0. The molecule has 2 aromatic heterocycles. The molecular formula is C22H19FN4. The van der Waals surface area contributed by atoms with Gasteiger partial charge in [0.05, 0.1) is 5.69 Å². The van der Waals surface area contributed by atoms with Gasteiger partial charge in [-0.05, 0) is 54.8 Å². The van der Waals surface area contributed by atoms with E-state index < -0.39 is 0 Å². The van der Waals surface area contributed by atoms with E-state index in [2.05, 4.69) is 41.4 Å². The molecule has 4 rings (SSSR count). The molecule has 0 aliphatic rings. The molecule has 4 aromatic rings. The molecule has 0 saturated carbocycles. The first-order valence-electron chi connectivity index (χ1n) is 8.90. The molecule has 2 aromatic carbocycles. The van der Waals surface area contributed by atoms with E-state index in [1.165, 1.54) is 17.7 Å². The summed E-state index contributed by atoms with van der Waals surface area (Å²) in [5.41, 5.74) is 5.54. The Balaban J connectivity index is 1.85. The first kappa shape index (κ1) is 17.1. The number of azo groups is 1. The second kappa shape index (κ2) is 7.11. The van der Waals surface area contributed by atoms with Crippen molar-refractivity contribution in [2.75, 3.05) is 0 Å². The Hall–Kier alpha value is -3.34. The number of hydrogen-bond acceptors (Lipinski definition) is 3. The molecule has 0 N–H and O–H groups in total. The van der Waals surface area contributed by atoms with Crippen molar-refractivity contribution in [1.82, 2.24) is 9.38 Å². The van der Waals surface area contributed by atoms with Crippen LogP contribution in [0.1, 0.15) is 18.1 Å². The maximum atomic E-state index is 13.1. The van der Waals surface area contributed by atoms with E-state index in [0.717, 1.165) is 28.9 Å². The van der Waals surface area contributed by atoms with Crippen LogP contribution in [0.4, 0.5) is 15.9 Å². The number of fused-ring (bicyclic) bond motifs is 1. The highest BCUT2D eigenvalue weighted by atomic mass is 19.1. The maximum Gasteiger partial charge on any atom is 0.187 e. The molecule has 0 fully saturated rings. The number of pyridine rings is 1. The number of halogens is 1. The van der Waals surface area contributed by atoms with Crippen molar-refractivity contribution >= 4 is 17.2 Å². The third kappa shape index (κ3) is 3.36. The fourth-order valence-corrected chi connectivity index (χ4v) is 2.99. The van der Waals surface area contributed by atoms with E-state index in [1.54, 1.807) is 12.1 Å². The van der Waals surface area contributed by atoms with Crippen LogP contribution < -0.4 is 0 Å². The average Bonchev–Trinajstić information content (AvgIpc) is 3.08. The van der Waals surface area contributed by atoms with Gasteiger partial charge in [-0.15, -0.1) is 10.2 Å². The van der Waals surface area contributed by atoms with Gasteiger partial charge in [-0.2, -0.15) is 0 Å². The zero-order valence-electron chi connectivity index (χ0n) is 15.2. The fourth-order valence-electron chi connectivity index (χ4n) is 2.99. The van der Waals surface area contributed by atoms with E-state index in [1.807, 2.05) is 29.7 Å². The zero-order chi connectivity index (χ0) is 18.8. The van der Waals surface area contributed by atoms with E-state index in [0.29, 0.717) is 11.5 Å². The van der Waals surface area contributed by atoms with Crippen molar-refractivity contribution in [2.45, 2.75) is 20.3 Å². The van der Waals surface area contributed by atoms with Crippen molar-refractivity contribution < 1.29 is 4.39 Å². The van der Waals surface area contributed by atoms with Gasteiger partial charge in [-0.3, -0.25) is 4.40 Å². The number of hydrogen-bond donors (Lipinski definition) is 0. The maximum absolute atomic E-state index is 13.1. The van der Waals surface area contributed by atoms with Crippen LogP contribution in [0.5, 0.6) is 0 Å². The highest BCUT2D eigenvalue weighted by molar-refractivity contribution is 5.75. The number of benzene rings is 2. The highest BCUT2D eigenvalue weighted by Crippen LogP contribution is 2.33. The molecular weight excluding hydrogens is 339 g/mol. The Kier molecular flexibility index (Phi) is 4.50. The molecule has 0 atom stereocenters. The zero-order valence-corrected chi connectivity index (χ0v) is 15.2. The van der Waals surface area contributed by atoms with Crippen molar-refractivity contribution in [2.24, 2.45) is 10.2 Å². The standard InChI is InChI=1S/C22H19FN4/c1-3-16-6-8-17(9-7-16)20-22(26-25-19-12-10-18(23)11-13-19)27-14-4-5-15(2)21(27)24-20/h4-14H,3H2,1-2H3. The molecule has 0 amide bonds. The van der Waals surface area contributed by atoms with Gasteiger partial charge in [0.2, 0.25) is 0 Å². The fraction of sp³-hybridized carbons (Fsp3) is 0.136. The molecule has 0 unspecified atom stereocenters. The molecule has 0 aliphatic heterocycles. The van der Waals surface area contributed by atoms with Crippen LogP contribution in [0, 0.1) is 12.7 Å². The van der Waals surface area contributed by atoms with E-state index >= 15 is 0 Å². The molecule has 27 heavy (non-hydrogen) atoms.